The molecule has 38 heavy (non-hydrogen) atoms. The second-order valence-corrected chi connectivity index (χ2v) is 11.3. The number of likely N-dealkylation sites (tertiary alicyclic amines) is 1. The summed E-state index contributed by atoms with van der Waals surface area (Å²) in [5.41, 5.74) is 2.10. The zero-order valence-electron chi connectivity index (χ0n) is 22.2. The summed E-state index contributed by atoms with van der Waals surface area (Å²) in [7, 11) is 0. The van der Waals surface area contributed by atoms with Crippen LogP contribution in [0.3, 0.4) is 0 Å². The van der Waals surface area contributed by atoms with Crippen LogP contribution in [0.2, 0.25) is 0 Å². The SMILES string of the molecule is CC1(C)C(=O)N(C2CCN(C(=O)[C@@H](Cc3cccc(F)c3)NC(=O)[C@H]3CCCNC3)CC2)c2ccccc21. The molecule has 2 saturated heterocycles. The van der Waals surface area contributed by atoms with Gasteiger partial charge in [0.25, 0.3) is 0 Å². The molecule has 0 aliphatic carbocycles. The molecule has 7 nitrogen and oxygen atoms in total. The van der Waals surface area contributed by atoms with Gasteiger partial charge in [0.2, 0.25) is 17.7 Å². The maximum absolute atomic E-state index is 13.9. The maximum atomic E-state index is 13.9. The third-order valence-electron chi connectivity index (χ3n) is 8.34. The van der Waals surface area contributed by atoms with Crippen LogP contribution >= 0.6 is 0 Å². The number of amides is 3. The van der Waals surface area contributed by atoms with E-state index in [0.29, 0.717) is 38.0 Å². The highest BCUT2D eigenvalue weighted by atomic mass is 19.1. The lowest BCUT2D eigenvalue weighted by Crippen LogP contribution is -2.56. The molecule has 0 spiro atoms. The first-order valence-corrected chi connectivity index (χ1v) is 13.7. The molecule has 0 saturated carbocycles. The first-order valence-electron chi connectivity index (χ1n) is 13.7. The van der Waals surface area contributed by atoms with Crippen molar-refractivity contribution >= 4 is 23.4 Å². The number of hydrogen-bond donors (Lipinski definition) is 2. The van der Waals surface area contributed by atoms with E-state index in [1.807, 2.05) is 43.0 Å². The number of hydrogen-bond acceptors (Lipinski definition) is 4. The summed E-state index contributed by atoms with van der Waals surface area (Å²) < 4.78 is 13.9. The van der Waals surface area contributed by atoms with E-state index in [4.69, 9.17) is 0 Å². The molecule has 2 fully saturated rings. The second-order valence-electron chi connectivity index (χ2n) is 11.3. The van der Waals surface area contributed by atoms with Crippen LogP contribution in [-0.4, -0.2) is 60.9 Å². The van der Waals surface area contributed by atoms with Crippen molar-refractivity contribution < 1.29 is 18.8 Å². The minimum absolute atomic E-state index is 0.0130. The van der Waals surface area contributed by atoms with Crippen molar-refractivity contribution in [1.29, 1.82) is 0 Å². The Kier molecular flexibility index (Phi) is 7.52. The van der Waals surface area contributed by atoms with E-state index in [-0.39, 0.29) is 41.9 Å². The molecule has 5 rings (SSSR count). The Morgan fingerprint density at radius 3 is 2.58 bits per heavy atom. The molecule has 2 N–H and O–H groups in total. The molecular weight excluding hydrogens is 483 g/mol. The van der Waals surface area contributed by atoms with E-state index in [0.717, 1.165) is 30.6 Å². The monoisotopic (exact) mass is 520 g/mol. The largest absolute Gasteiger partial charge is 0.344 e. The van der Waals surface area contributed by atoms with Crippen molar-refractivity contribution in [1.82, 2.24) is 15.5 Å². The van der Waals surface area contributed by atoms with Gasteiger partial charge in [-0.3, -0.25) is 14.4 Å². The van der Waals surface area contributed by atoms with Crippen molar-refractivity contribution in [3.05, 3.63) is 65.5 Å². The van der Waals surface area contributed by atoms with Gasteiger partial charge in [0, 0.05) is 37.8 Å². The molecule has 0 aromatic heterocycles. The van der Waals surface area contributed by atoms with Crippen molar-refractivity contribution in [3.8, 4) is 0 Å². The summed E-state index contributed by atoms with van der Waals surface area (Å²) in [5, 5.41) is 6.24. The molecule has 8 heteroatoms. The minimum atomic E-state index is -0.768. The highest BCUT2D eigenvalue weighted by Gasteiger charge is 2.47. The molecule has 2 aromatic carbocycles. The van der Waals surface area contributed by atoms with Crippen molar-refractivity contribution in [2.24, 2.45) is 5.92 Å². The van der Waals surface area contributed by atoms with Crippen LogP contribution in [-0.2, 0) is 26.2 Å². The van der Waals surface area contributed by atoms with E-state index in [9.17, 15) is 18.8 Å². The van der Waals surface area contributed by atoms with Crippen molar-refractivity contribution in [2.75, 3.05) is 31.1 Å². The van der Waals surface area contributed by atoms with E-state index in [1.54, 1.807) is 17.0 Å². The normalized spacial score (nSPS) is 22.2. The van der Waals surface area contributed by atoms with Crippen LogP contribution in [0.25, 0.3) is 0 Å². The fourth-order valence-electron chi connectivity index (χ4n) is 6.13. The van der Waals surface area contributed by atoms with E-state index in [1.165, 1.54) is 12.1 Å². The Morgan fingerprint density at radius 1 is 1.11 bits per heavy atom. The number of carbonyl (C=O) groups is 3. The summed E-state index contributed by atoms with van der Waals surface area (Å²) >= 11 is 0. The van der Waals surface area contributed by atoms with Crippen LogP contribution in [0.15, 0.2) is 48.5 Å². The molecule has 3 amide bonds. The third-order valence-corrected chi connectivity index (χ3v) is 8.34. The average molecular weight is 521 g/mol. The zero-order valence-corrected chi connectivity index (χ0v) is 22.2. The average Bonchev–Trinajstić information content (AvgIpc) is 3.13. The summed E-state index contributed by atoms with van der Waals surface area (Å²) in [6.07, 6.45) is 3.26. The zero-order chi connectivity index (χ0) is 26.9. The molecule has 2 atom stereocenters. The summed E-state index contributed by atoms with van der Waals surface area (Å²) in [5.74, 6) is -0.736. The molecule has 3 aliphatic rings. The maximum Gasteiger partial charge on any atom is 0.245 e. The number of anilines is 1. The summed E-state index contributed by atoms with van der Waals surface area (Å²) in [6.45, 7) is 6.42. The van der Waals surface area contributed by atoms with Crippen LogP contribution in [0, 0.1) is 11.7 Å². The Balaban J connectivity index is 1.28. The lowest BCUT2D eigenvalue weighted by Gasteiger charge is -2.39. The molecule has 0 radical (unpaired) electrons. The van der Waals surface area contributed by atoms with Crippen LogP contribution in [0.4, 0.5) is 10.1 Å². The van der Waals surface area contributed by atoms with Crippen LogP contribution in [0.1, 0.15) is 50.7 Å². The Hall–Kier alpha value is -3.26. The highest BCUT2D eigenvalue weighted by Crippen LogP contribution is 2.43. The quantitative estimate of drug-likeness (QED) is 0.613. The fourth-order valence-corrected chi connectivity index (χ4v) is 6.13. The second kappa shape index (κ2) is 10.8. The van der Waals surface area contributed by atoms with Gasteiger partial charge in [-0.15, -0.1) is 0 Å². The predicted molar refractivity (Wildman–Crippen MR) is 144 cm³/mol. The lowest BCUT2D eigenvalue weighted by molar-refractivity contribution is -0.138. The molecule has 3 heterocycles. The van der Waals surface area contributed by atoms with Crippen LogP contribution in [0.5, 0.6) is 0 Å². The molecule has 0 unspecified atom stereocenters. The number of benzene rings is 2. The van der Waals surface area contributed by atoms with E-state index >= 15 is 0 Å². The van der Waals surface area contributed by atoms with Gasteiger partial charge in [-0.25, -0.2) is 4.39 Å². The number of rotatable bonds is 6. The Bertz CT molecular complexity index is 1200. The summed E-state index contributed by atoms with van der Waals surface area (Å²) in [6, 6.07) is 13.4. The molecule has 202 valence electrons. The topological polar surface area (TPSA) is 81.8 Å². The minimum Gasteiger partial charge on any atom is -0.344 e. The predicted octanol–water partition coefficient (Wildman–Crippen LogP) is 3.17. The smallest absolute Gasteiger partial charge is 0.245 e. The third kappa shape index (κ3) is 5.19. The first-order chi connectivity index (χ1) is 18.3. The van der Waals surface area contributed by atoms with Crippen molar-refractivity contribution in [2.45, 2.75) is 63.5 Å². The van der Waals surface area contributed by atoms with Gasteiger partial charge in [-0.2, -0.15) is 0 Å². The van der Waals surface area contributed by atoms with E-state index < -0.39 is 11.5 Å². The highest BCUT2D eigenvalue weighted by molar-refractivity contribution is 6.08. The number of nitrogens with zero attached hydrogens (tertiary/aromatic N) is 2. The summed E-state index contributed by atoms with van der Waals surface area (Å²) in [4.78, 5) is 43.9. The van der Waals surface area contributed by atoms with Crippen molar-refractivity contribution in [3.63, 3.8) is 0 Å². The number of halogens is 1. The molecular formula is C30H37FN4O3. The first kappa shape index (κ1) is 26.4. The van der Waals surface area contributed by atoms with Gasteiger partial charge in [0.05, 0.1) is 11.3 Å². The van der Waals surface area contributed by atoms with Gasteiger partial charge in [-0.1, -0.05) is 30.3 Å². The van der Waals surface area contributed by atoms with Gasteiger partial charge in [0.15, 0.2) is 0 Å². The fraction of sp³-hybridized carbons (Fsp3) is 0.500. The standard InChI is InChI=1S/C30H37FN4O3/c1-30(2)24-10-3-4-11-26(24)35(29(30)38)23-12-15-34(16-13-23)28(37)25(18-20-7-5-9-22(31)17-20)33-27(36)21-8-6-14-32-19-21/h3-5,7,9-11,17,21,23,25,32H,6,8,12-16,18-19H2,1-2H3,(H,33,36)/t21-,25+/m0/s1. The molecule has 2 aromatic rings. The van der Waals surface area contributed by atoms with E-state index in [2.05, 4.69) is 10.6 Å². The number of fused-ring (bicyclic) bond motifs is 1. The molecule has 0 bridgehead atoms. The van der Waals surface area contributed by atoms with Gasteiger partial charge < -0.3 is 20.4 Å². The number of carbonyl (C=O) groups excluding carboxylic acids is 3. The number of nitrogens with one attached hydrogen (secondary N) is 2. The Morgan fingerprint density at radius 2 is 1.87 bits per heavy atom. The van der Waals surface area contributed by atoms with Gasteiger partial charge in [0.1, 0.15) is 11.9 Å². The van der Waals surface area contributed by atoms with Gasteiger partial charge >= 0.3 is 0 Å². The van der Waals surface area contributed by atoms with Gasteiger partial charge in [-0.05, 0) is 75.4 Å². The molecule has 3 aliphatic heterocycles. The number of para-hydroxylation sites is 1. The lowest BCUT2D eigenvalue weighted by atomic mass is 9.86. The Labute approximate surface area is 223 Å². The number of piperidine rings is 2. The van der Waals surface area contributed by atoms with Crippen LogP contribution < -0.4 is 15.5 Å².